The van der Waals surface area contributed by atoms with Crippen molar-refractivity contribution in [3.63, 3.8) is 0 Å². The monoisotopic (exact) mass is 576 g/mol. The van der Waals surface area contributed by atoms with Gasteiger partial charge in [-0.1, -0.05) is 18.6 Å². The van der Waals surface area contributed by atoms with Crippen LogP contribution < -0.4 is 26.0 Å². The van der Waals surface area contributed by atoms with Crippen LogP contribution in [0.4, 0.5) is 4.79 Å². The number of hydrogen-bond acceptors (Lipinski definition) is 7. The molecule has 2 heterocycles. The van der Waals surface area contributed by atoms with E-state index in [1.807, 2.05) is 17.8 Å². The van der Waals surface area contributed by atoms with E-state index in [2.05, 4.69) is 21.3 Å². The van der Waals surface area contributed by atoms with Crippen LogP contribution >= 0.6 is 11.8 Å². The minimum absolute atomic E-state index is 0.00534. The quantitative estimate of drug-likeness (QED) is 0.124. The highest BCUT2D eigenvalue weighted by atomic mass is 32.2. The molecule has 2 aliphatic rings. The van der Waals surface area contributed by atoms with Crippen LogP contribution in [0.3, 0.4) is 0 Å². The minimum Gasteiger partial charge on any atom is -0.482 e. The number of hydrogen-bond donors (Lipinski definition) is 5. The fourth-order valence-electron chi connectivity index (χ4n) is 4.79. The molecule has 3 rings (SSSR count). The number of carbonyl (C=O) groups excluding carboxylic acids is 4. The Morgan fingerprint density at radius 2 is 1.68 bits per heavy atom. The van der Waals surface area contributed by atoms with E-state index in [1.54, 1.807) is 18.2 Å². The number of urea groups is 1. The van der Waals surface area contributed by atoms with E-state index >= 15 is 0 Å². The number of amides is 4. The number of benzene rings is 1. The van der Waals surface area contributed by atoms with Gasteiger partial charge in [0.2, 0.25) is 11.8 Å². The number of fused-ring (bicyclic) bond motifs is 1. The summed E-state index contributed by atoms with van der Waals surface area (Å²) in [6.45, 7) is 0.369. The molecule has 4 amide bonds. The Bertz CT molecular complexity index is 1040. The summed E-state index contributed by atoms with van der Waals surface area (Å²) in [6, 6.07) is 7.24. The molecule has 0 bridgehead atoms. The number of Topliss-reactive ketones (excluding diaryl/α,β-unsaturated/α-hetero) is 1. The molecule has 40 heavy (non-hydrogen) atoms. The molecular formula is C28H40N4O7S. The predicted octanol–water partition coefficient (Wildman–Crippen LogP) is 2.52. The van der Waals surface area contributed by atoms with Crippen molar-refractivity contribution in [3.05, 3.63) is 29.8 Å². The predicted molar refractivity (Wildman–Crippen MR) is 151 cm³/mol. The first-order chi connectivity index (χ1) is 19.3. The number of rotatable bonds is 19. The van der Waals surface area contributed by atoms with Crippen LogP contribution in [0.25, 0.3) is 0 Å². The molecular weight excluding hydrogens is 536 g/mol. The second kappa shape index (κ2) is 16.7. The first kappa shape index (κ1) is 31.3. The third-order valence-corrected chi connectivity index (χ3v) is 8.40. The Labute approximate surface area is 238 Å². The molecule has 5 N–H and O–H groups in total. The van der Waals surface area contributed by atoms with Crippen LogP contribution in [0.5, 0.6) is 5.75 Å². The minimum atomic E-state index is -1.06. The third-order valence-electron chi connectivity index (χ3n) is 6.90. The zero-order valence-corrected chi connectivity index (χ0v) is 23.6. The highest BCUT2D eigenvalue weighted by Gasteiger charge is 2.42. The first-order valence-electron chi connectivity index (χ1n) is 14.0. The smallest absolute Gasteiger partial charge is 0.341 e. The molecule has 0 unspecified atom stereocenters. The van der Waals surface area contributed by atoms with E-state index in [-0.39, 0.29) is 35.7 Å². The number of aliphatic carboxylic acids is 1. The SMILES string of the molecule is O=C(O)COc1cccc(CNC(=O)CCCCC(=O)CCCNC(=O)CCCC[C@@H]2SC[C@@H]3NC(=O)N[C@@H]32)c1. The Morgan fingerprint density at radius 1 is 0.950 bits per heavy atom. The number of carboxylic acid groups (broad SMARTS) is 1. The lowest BCUT2D eigenvalue weighted by Crippen LogP contribution is -2.36. The third kappa shape index (κ3) is 11.4. The van der Waals surface area contributed by atoms with Crippen LogP contribution in [-0.2, 0) is 25.7 Å². The van der Waals surface area contributed by atoms with E-state index in [0.717, 1.165) is 30.6 Å². The first-order valence-corrected chi connectivity index (χ1v) is 15.0. The largest absolute Gasteiger partial charge is 0.482 e. The van der Waals surface area contributed by atoms with Crippen molar-refractivity contribution in [2.45, 2.75) is 88.1 Å². The fourth-order valence-corrected chi connectivity index (χ4v) is 6.33. The van der Waals surface area contributed by atoms with Crippen molar-refractivity contribution >= 4 is 41.4 Å². The van der Waals surface area contributed by atoms with Gasteiger partial charge in [0.15, 0.2) is 6.61 Å². The van der Waals surface area contributed by atoms with Crippen molar-refractivity contribution in [2.75, 3.05) is 18.9 Å². The van der Waals surface area contributed by atoms with E-state index < -0.39 is 12.6 Å². The number of carboxylic acids is 1. The Hall–Kier alpha value is -3.28. The second-order valence-corrected chi connectivity index (χ2v) is 11.4. The Balaban J connectivity index is 1.13. The average Bonchev–Trinajstić information content (AvgIpc) is 3.48. The number of nitrogens with one attached hydrogen (secondary N) is 4. The molecule has 2 fully saturated rings. The van der Waals surface area contributed by atoms with Gasteiger partial charge in [0.05, 0.1) is 12.1 Å². The van der Waals surface area contributed by atoms with Gasteiger partial charge < -0.3 is 31.1 Å². The molecule has 2 saturated heterocycles. The molecule has 220 valence electrons. The zero-order chi connectivity index (χ0) is 28.7. The second-order valence-electron chi connectivity index (χ2n) is 10.2. The molecule has 0 radical (unpaired) electrons. The van der Waals surface area contributed by atoms with Crippen molar-refractivity contribution in [1.82, 2.24) is 21.3 Å². The molecule has 12 heteroatoms. The maximum Gasteiger partial charge on any atom is 0.341 e. The number of ether oxygens (including phenoxy) is 1. The van der Waals surface area contributed by atoms with Crippen molar-refractivity contribution in [2.24, 2.45) is 0 Å². The lowest BCUT2D eigenvalue weighted by molar-refractivity contribution is -0.139. The maximum absolute atomic E-state index is 12.1. The van der Waals surface area contributed by atoms with Gasteiger partial charge in [-0.25, -0.2) is 9.59 Å². The Morgan fingerprint density at radius 3 is 2.48 bits per heavy atom. The van der Waals surface area contributed by atoms with E-state index in [9.17, 15) is 24.0 Å². The summed E-state index contributed by atoms with van der Waals surface area (Å²) in [5, 5.41) is 20.7. The standard InChI is InChI=1S/C28H40N4O7S/c33-20(8-1-3-13-25(35)30-16-19-7-5-10-21(15-19)39-17-26(36)37)9-6-14-29-24(34)12-4-2-11-23-27-22(18-40-23)31-28(38)32-27/h5,7,10,15,22-23,27H,1-4,6,8-9,11-14,16-18H2,(H,29,34)(H,30,35)(H,36,37)(H2,31,32,38)/t22-,23-,27-/m0/s1. The van der Waals surface area contributed by atoms with Gasteiger partial charge in [-0.2, -0.15) is 11.8 Å². The summed E-state index contributed by atoms with van der Waals surface area (Å²) in [5.74, 6) is 0.340. The van der Waals surface area contributed by atoms with E-state index in [0.29, 0.717) is 69.0 Å². The molecule has 3 atom stereocenters. The topological polar surface area (TPSA) is 163 Å². The van der Waals surface area contributed by atoms with Crippen LogP contribution in [0.2, 0.25) is 0 Å². The van der Waals surface area contributed by atoms with Crippen LogP contribution in [0.15, 0.2) is 24.3 Å². The van der Waals surface area contributed by atoms with Crippen molar-refractivity contribution in [3.8, 4) is 5.75 Å². The van der Waals surface area contributed by atoms with Gasteiger partial charge in [-0.15, -0.1) is 0 Å². The molecule has 1 aromatic rings. The number of carbonyl (C=O) groups is 5. The van der Waals surface area contributed by atoms with Gasteiger partial charge in [0, 0.05) is 49.8 Å². The molecule has 0 saturated carbocycles. The highest BCUT2D eigenvalue weighted by molar-refractivity contribution is 8.00. The lowest BCUT2D eigenvalue weighted by atomic mass is 10.0. The van der Waals surface area contributed by atoms with Gasteiger partial charge >= 0.3 is 12.0 Å². The van der Waals surface area contributed by atoms with Crippen LogP contribution in [0, 0.1) is 0 Å². The van der Waals surface area contributed by atoms with E-state index in [4.69, 9.17) is 9.84 Å². The normalized spacial score (nSPS) is 19.3. The van der Waals surface area contributed by atoms with Gasteiger partial charge in [0.1, 0.15) is 11.5 Å². The van der Waals surface area contributed by atoms with E-state index in [1.165, 1.54) is 0 Å². The lowest BCUT2D eigenvalue weighted by Gasteiger charge is -2.16. The molecule has 0 aliphatic carbocycles. The Kier molecular flexibility index (Phi) is 13.1. The zero-order valence-electron chi connectivity index (χ0n) is 22.7. The summed E-state index contributed by atoms with van der Waals surface area (Å²) in [5.41, 5.74) is 0.803. The molecule has 1 aromatic carbocycles. The molecule has 0 aromatic heterocycles. The number of thioether (sulfide) groups is 1. The number of ketones is 1. The average molecular weight is 577 g/mol. The van der Waals surface area contributed by atoms with Gasteiger partial charge in [-0.05, 0) is 49.8 Å². The van der Waals surface area contributed by atoms with Crippen LogP contribution in [-0.4, -0.2) is 70.9 Å². The van der Waals surface area contributed by atoms with Crippen LogP contribution in [0.1, 0.15) is 69.8 Å². The van der Waals surface area contributed by atoms with Gasteiger partial charge in [-0.3, -0.25) is 14.4 Å². The summed E-state index contributed by atoms with van der Waals surface area (Å²) < 4.78 is 5.14. The summed E-state index contributed by atoms with van der Waals surface area (Å²) in [7, 11) is 0. The molecule has 11 nitrogen and oxygen atoms in total. The van der Waals surface area contributed by atoms with Crippen molar-refractivity contribution in [1.29, 1.82) is 0 Å². The number of unbranched alkanes of at least 4 members (excludes halogenated alkanes) is 2. The summed E-state index contributed by atoms with van der Waals surface area (Å²) >= 11 is 1.88. The fraction of sp³-hybridized carbons (Fsp3) is 0.607. The maximum atomic E-state index is 12.1. The van der Waals surface area contributed by atoms with Crippen molar-refractivity contribution < 1.29 is 33.8 Å². The van der Waals surface area contributed by atoms with Gasteiger partial charge in [0.25, 0.3) is 0 Å². The highest BCUT2D eigenvalue weighted by Crippen LogP contribution is 2.33. The molecule has 2 aliphatic heterocycles. The summed E-state index contributed by atoms with van der Waals surface area (Å²) in [6.07, 6.45) is 6.21. The summed E-state index contributed by atoms with van der Waals surface area (Å²) in [4.78, 5) is 58.3. The molecule has 0 spiro atoms.